The average molecular weight is 206 g/mol. The lowest BCUT2D eigenvalue weighted by molar-refractivity contribution is 0.202. The summed E-state index contributed by atoms with van der Waals surface area (Å²) in [7, 11) is 0. The zero-order valence-corrected chi connectivity index (χ0v) is 8.62. The first-order chi connectivity index (χ1) is 7.24. The molecule has 1 atom stereocenters. The van der Waals surface area contributed by atoms with Crippen LogP contribution in [0, 0.1) is 5.82 Å². The molecule has 0 saturated carbocycles. The highest BCUT2D eigenvalue weighted by molar-refractivity contribution is 5.23. The summed E-state index contributed by atoms with van der Waals surface area (Å²) in [5.74, 6) is -0.198. The number of halogens is 1. The number of rotatable bonds is 2. The van der Waals surface area contributed by atoms with Gasteiger partial charge in [-0.05, 0) is 43.4 Å². The number of benzene rings is 1. The summed E-state index contributed by atoms with van der Waals surface area (Å²) in [4.78, 5) is 0. The summed E-state index contributed by atoms with van der Waals surface area (Å²) in [6.07, 6.45) is 5.45. The Labute approximate surface area is 89.3 Å². The molecule has 1 nitrogen and oxygen atoms in total. The van der Waals surface area contributed by atoms with Crippen LogP contribution < -0.4 is 0 Å². The Morgan fingerprint density at radius 1 is 1.27 bits per heavy atom. The Balaban J connectivity index is 2.05. The Morgan fingerprint density at radius 2 is 2.00 bits per heavy atom. The molecule has 0 bridgehead atoms. The lowest BCUT2D eigenvalue weighted by Gasteiger charge is -2.16. The number of hydrogen-bond donors (Lipinski definition) is 1. The topological polar surface area (TPSA) is 20.2 Å². The van der Waals surface area contributed by atoms with Crippen molar-refractivity contribution in [3.8, 4) is 0 Å². The van der Waals surface area contributed by atoms with Crippen molar-refractivity contribution in [1.82, 2.24) is 0 Å². The molecule has 80 valence electrons. The van der Waals surface area contributed by atoms with Crippen molar-refractivity contribution in [3.63, 3.8) is 0 Å². The van der Waals surface area contributed by atoms with Gasteiger partial charge in [0.2, 0.25) is 0 Å². The Hall–Kier alpha value is -1.15. The van der Waals surface area contributed by atoms with Crippen LogP contribution in [0.1, 0.15) is 24.8 Å². The highest BCUT2D eigenvalue weighted by Gasteiger charge is 2.10. The molecule has 0 amide bonds. The van der Waals surface area contributed by atoms with Gasteiger partial charge in [-0.1, -0.05) is 23.8 Å². The smallest absolute Gasteiger partial charge is 0.123 e. The van der Waals surface area contributed by atoms with Crippen LogP contribution >= 0.6 is 0 Å². The van der Waals surface area contributed by atoms with E-state index in [4.69, 9.17) is 0 Å². The Bertz CT molecular complexity index is 353. The lowest BCUT2D eigenvalue weighted by Crippen LogP contribution is -2.10. The molecule has 1 unspecified atom stereocenters. The highest BCUT2D eigenvalue weighted by atomic mass is 19.1. The molecular weight excluding hydrogens is 191 g/mol. The van der Waals surface area contributed by atoms with Gasteiger partial charge in [-0.3, -0.25) is 0 Å². The van der Waals surface area contributed by atoms with E-state index >= 15 is 0 Å². The number of aliphatic hydroxyl groups excluding tert-OH is 1. The summed E-state index contributed by atoms with van der Waals surface area (Å²) in [6, 6.07) is 6.57. The minimum atomic E-state index is -0.283. The predicted molar refractivity (Wildman–Crippen MR) is 58.0 cm³/mol. The fraction of sp³-hybridized carbons (Fsp3) is 0.385. The maximum Gasteiger partial charge on any atom is 0.123 e. The summed E-state index contributed by atoms with van der Waals surface area (Å²) >= 11 is 0. The van der Waals surface area contributed by atoms with Gasteiger partial charge >= 0.3 is 0 Å². The Kier molecular flexibility index (Phi) is 3.17. The van der Waals surface area contributed by atoms with E-state index in [-0.39, 0.29) is 11.9 Å². The first kappa shape index (κ1) is 10.4. The predicted octanol–water partition coefficient (Wildman–Crippen LogP) is 2.84. The van der Waals surface area contributed by atoms with E-state index in [1.54, 1.807) is 12.1 Å². The van der Waals surface area contributed by atoms with E-state index < -0.39 is 0 Å². The third-order valence-electron chi connectivity index (χ3n) is 2.77. The van der Waals surface area contributed by atoms with Crippen molar-refractivity contribution < 1.29 is 9.50 Å². The third kappa shape index (κ3) is 2.90. The highest BCUT2D eigenvalue weighted by Crippen LogP contribution is 2.21. The second-order valence-electron chi connectivity index (χ2n) is 4.09. The zero-order valence-electron chi connectivity index (χ0n) is 8.62. The van der Waals surface area contributed by atoms with Crippen LogP contribution in [-0.2, 0) is 6.42 Å². The number of allylic oxidation sites excluding steroid dienone is 1. The molecule has 0 radical (unpaired) electrons. The van der Waals surface area contributed by atoms with Crippen molar-refractivity contribution in [2.75, 3.05) is 0 Å². The van der Waals surface area contributed by atoms with E-state index in [9.17, 15) is 9.50 Å². The molecule has 15 heavy (non-hydrogen) atoms. The second kappa shape index (κ2) is 4.58. The number of aliphatic hydroxyl groups is 1. The van der Waals surface area contributed by atoms with Crippen LogP contribution in [-0.4, -0.2) is 11.2 Å². The van der Waals surface area contributed by atoms with Gasteiger partial charge in [-0.2, -0.15) is 0 Å². The quantitative estimate of drug-likeness (QED) is 0.738. The summed E-state index contributed by atoms with van der Waals surface area (Å²) < 4.78 is 12.7. The minimum absolute atomic E-state index is 0.198. The van der Waals surface area contributed by atoms with Crippen molar-refractivity contribution in [2.45, 2.75) is 31.8 Å². The minimum Gasteiger partial charge on any atom is -0.389 e. The van der Waals surface area contributed by atoms with Crippen molar-refractivity contribution in [2.24, 2.45) is 0 Å². The van der Waals surface area contributed by atoms with Crippen LogP contribution in [0.5, 0.6) is 0 Å². The molecule has 1 aliphatic rings. The van der Waals surface area contributed by atoms with Crippen LogP contribution in [0.2, 0.25) is 0 Å². The normalized spacial score (nSPS) is 21.2. The average Bonchev–Trinajstić information content (AvgIpc) is 2.22. The van der Waals surface area contributed by atoms with Crippen LogP contribution in [0.4, 0.5) is 4.39 Å². The number of hydrogen-bond acceptors (Lipinski definition) is 1. The van der Waals surface area contributed by atoms with Crippen LogP contribution in [0.3, 0.4) is 0 Å². The molecule has 1 aromatic carbocycles. The van der Waals surface area contributed by atoms with E-state index in [0.29, 0.717) is 0 Å². The molecule has 1 aliphatic carbocycles. The lowest BCUT2D eigenvalue weighted by atomic mass is 9.93. The molecule has 0 aromatic heterocycles. The molecule has 0 spiro atoms. The van der Waals surface area contributed by atoms with Crippen molar-refractivity contribution >= 4 is 0 Å². The van der Waals surface area contributed by atoms with Crippen LogP contribution in [0.15, 0.2) is 35.9 Å². The molecule has 0 saturated heterocycles. The molecule has 0 heterocycles. The standard InChI is InChI=1S/C13H15FO/c14-12-6-4-10(5-7-12)8-11-2-1-3-13(15)9-11/h4-7,9,13,15H,1-3,8H2. The fourth-order valence-corrected chi connectivity index (χ4v) is 1.99. The molecule has 2 heteroatoms. The van der Waals surface area contributed by atoms with Gasteiger partial charge in [-0.15, -0.1) is 0 Å². The maximum atomic E-state index is 12.7. The molecule has 1 N–H and O–H groups in total. The molecular formula is C13H15FO. The fourth-order valence-electron chi connectivity index (χ4n) is 1.99. The summed E-state index contributed by atoms with van der Waals surface area (Å²) in [5, 5.41) is 9.47. The largest absolute Gasteiger partial charge is 0.389 e. The maximum absolute atomic E-state index is 12.7. The molecule has 0 fully saturated rings. The van der Waals surface area contributed by atoms with E-state index in [2.05, 4.69) is 0 Å². The first-order valence-electron chi connectivity index (χ1n) is 5.36. The monoisotopic (exact) mass is 206 g/mol. The van der Waals surface area contributed by atoms with Gasteiger partial charge in [-0.25, -0.2) is 4.39 Å². The van der Waals surface area contributed by atoms with E-state index in [1.807, 2.05) is 6.08 Å². The van der Waals surface area contributed by atoms with Gasteiger partial charge in [0.25, 0.3) is 0 Å². The van der Waals surface area contributed by atoms with Crippen molar-refractivity contribution in [3.05, 3.63) is 47.3 Å². The van der Waals surface area contributed by atoms with Gasteiger partial charge in [0.15, 0.2) is 0 Å². The Morgan fingerprint density at radius 3 is 2.67 bits per heavy atom. The molecule has 0 aliphatic heterocycles. The van der Waals surface area contributed by atoms with Gasteiger partial charge in [0.05, 0.1) is 6.10 Å². The van der Waals surface area contributed by atoms with E-state index in [0.717, 1.165) is 31.2 Å². The van der Waals surface area contributed by atoms with Gasteiger partial charge < -0.3 is 5.11 Å². The van der Waals surface area contributed by atoms with E-state index in [1.165, 1.54) is 17.7 Å². The van der Waals surface area contributed by atoms with Gasteiger partial charge in [0, 0.05) is 0 Å². The van der Waals surface area contributed by atoms with Crippen LogP contribution in [0.25, 0.3) is 0 Å². The third-order valence-corrected chi connectivity index (χ3v) is 2.77. The first-order valence-corrected chi connectivity index (χ1v) is 5.36. The molecule has 2 rings (SSSR count). The molecule has 1 aromatic rings. The SMILES string of the molecule is OC1C=C(Cc2ccc(F)cc2)CCC1. The second-order valence-corrected chi connectivity index (χ2v) is 4.09. The van der Waals surface area contributed by atoms with Crippen molar-refractivity contribution in [1.29, 1.82) is 0 Å². The van der Waals surface area contributed by atoms with Gasteiger partial charge in [0.1, 0.15) is 5.82 Å². The summed E-state index contributed by atoms with van der Waals surface area (Å²) in [6.45, 7) is 0. The zero-order chi connectivity index (χ0) is 10.7. The summed E-state index contributed by atoms with van der Waals surface area (Å²) in [5.41, 5.74) is 2.37.